The van der Waals surface area contributed by atoms with Gasteiger partial charge in [0, 0.05) is 12.6 Å². The molecule has 0 saturated heterocycles. The number of carbonyl (C=O) groups is 2. The molecule has 37 heavy (non-hydrogen) atoms. The fourth-order valence-electron chi connectivity index (χ4n) is 4.11. The molecule has 0 radical (unpaired) electrons. The van der Waals surface area contributed by atoms with Crippen LogP contribution in [-0.4, -0.2) is 43.8 Å². The highest BCUT2D eigenvalue weighted by atomic mass is 32.2. The summed E-state index contributed by atoms with van der Waals surface area (Å²) in [5.41, 5.74) is 2.10. The van der Waals surface area contributed by atoms with E-state index in [0.717, 1.165) is 15.4 Å². The van der Waals surface area contributed by atoms with Crippen LogP contribution in [0.3, 0.4) is 0 Å². The SMILES string of the molecule is CC[C@@H](C(=O)NC(C)C)N(Cc1ccccc1)C(=O)CN(c1cccc(C)c1)S(=O)(=O)c1ccccc1. The normalized spacial score (nSPS) is 12.1. The predicted molar refractivity (Wildman–Crippen MR) is 147 cm³/mol. The molecular weight excluding hydrogens is 486 g/mol. The van der Waals surface area contributed by atoms with E-state index in [-0.39, 0.29) is 23.4 Å². The highest BCUT2D eigenvalue weighted by Gasteiger charge is 2.33. The summed E-state index contributed by atoms with van der Waals surface area (Å²) >= 11 is 0. The van der Waals surface area contributed by atoms with E-state index < -0.39 is 28.5 Å². The number of rotatable bonds is 11. The second kappa shape index (κ2) is 12.5. The zero-order valence-corrected chi connectivity index (χ0v) is 22.6. The van der Waals surface area contributed by atoms with E-state index in [1.807, 2.05) is 64.1 Å². The zero-order valence-electron chi connectivity index (χ0n) is 21.8. The van der Waals surface area contributed by atoms with Gasteiger partial charge in [0.25, 0.3) is 10.0 Å². The Morgan fingerprint density at radius 1 is 0.892 bits per heavy atom. The summed E-state index contributed by atoms with van der Waals surface area (Å²) in [6.45, 7) is 7.16. The summed E-state index contributed by atoms with van der Waals surface area (Å²) in [6.07, 6.45) is 0.382. The fraction of sp³-hybridized carbons (Fsp3) is 0.310. The maximum Gasteiger partial charge on any atom is 0.264 e. The summed E-state index contributed by atoms with van der Waals surface area (Å²) in [5, 5.41) is 2.90. The standard InChI is InChI=1S/C29H35N3O4S/c1-5-27(29(34)30-22(2)3)31(20-24-14-8-6-9-15-24)28(33)21-32(25-16-12-13-23(4)19-25)37(35,36)26-17-10-7-11-18-26/h6-19,22,27H,5,20-21H2,1-4H3,(H,30,34)/t27-/m0/s1. The van der Waals surface area contributed by atoms with Gasteiger partial charge in [0.05, 0.1) is 10.6 Å². The van der Waals surface area contributed by atoms with E-state index in [2.05, 4.69) is 5.32 Å². The van der Waals surface area contributed by atoms with E-state index in [1.165, 1.54) is 17.0 Å². The van der Waals surface area contributed by atoms with Crippen LogP contribution in [0.4, 0.5) is 5.69 Å². The fourth-order valence-corrected chi connectivity index (χ4v) is 5.54. The van der Waals surface area contributed by atoms with Crippen molar-refractivity contribution in [3.63, 3.8) is 0 Å². The van der Waals surface area contributed by atoms with Gasteiger partial charge in [-0.1, -0.05) is 67.6 Å². The van der Waals surface area contributed by atoms with E-state index >= 15 is 0 Å². The lowest BCUT2D eigenvalue weighted by atomic mass is 10.1. The van der Waals surface area contributed by atoms with Crippen LogP contribution in [0.5, 0.6) is 0 Å². The molecular formula is C29H35N3O4S. The van der Waals surface area contributed by atoms with Gasteiger partial charge in [-0.25, -0.2) is 8.42 Å². The molecule has 0 aromatic heterocycles. The number of hydrogen-bond acceptors (Lipinski definition) is 4. The molecule has 0 bridgehead atoms. The van der Waals surface area contributed by atoms with Crippen LogP contribution in [0.25, 0.3) is 0 Å². The first kappa shape index (κ1) is 27.9. The first-order chi connectivity index (χ1) is 17.6. The molecule has 0 aliphatic heterocycles. The first-order valence-corrected chi connectivity index (χ1v) is 13.9. The second-order valence-corrected chi connectivity index (χ2v) is 11.1. The van der Waals surface area contributed by atoms with E-state index in [0.29, 0.717) is 12.1 Å². The van der Waals surface area contributed by atoms with Crippen LogP contribution in [0.1, 0.15) is 38.3 Å². The van der Waals surface area contributed by atoms with Crippen LogP contribution >= 0.6 is 0 Å². The Bertz CT molecular complexity index is 1290. The molecule has 0 fully saturated rings. The van der Waals surface area contributed by atoms with Gasteiger partial charge < -0.3 is 10.2 Å². The second-order valence-electron chi connectivity index (χ2n) is 9.26. The summed E-state index contributed by atoms with van der Waals surface area (Å²) in [5.74, 6) is -0.731. The molecule has 3 rings (SSSR count). The first-order valence-electron chi connectivity index (χ1n) is 12.4. The molecule has 1 N–H and O–H groups in total. The molecule has 196 valence electrons. The number of aryl methyl sites for hydroxylation is 1. The third-order valence-electron chi connectivity index (χ3n) is 5.91. The average molecular weight is 522 g/mol. The Hall–Kier alpha value is -3.65. The topological polar surface area (TPSA) is 86.8 Å². The van der Waals surface area contributed by atoms with Crippen molar-refractivity contribution >= 4 is 27.5 Å². The number of sulfonamides is 1. The number of nitrogens with one attached hydrogen (secondary N) is 1. The average Bonchev–Trinajstić information content (AvgIpc) is 2.87. The van der Waals surface area contributed by atoms with E-state index in [1.54, 1.807) is 36.4 Å². The minimum atomic E-state index is -4.06. The Morgan fingerprint density at radius 3 is 2.08 bits per heavy atom. The number of anilines is 1. The van der Waals surface area contributed by atoms with Crippen LogP contribution in [-0.2, 0) is 26.2 Å². The molecule has 0 unspecified atom stereocenters. The van der Waals surface area contributed by atoms with Gasteiger partial charge in [0.1, 0.15) is 12.6 Å². The minimum Gasteiger partial charge on any atom is -0.352 e. The van der Waals surface area contributed by atoms with Crippen molar-refractivity contribution < 1.29 is 18.0 Å². The molecule has 2 amide bonds. The monoisotopic (exact) mass is 521 g/mol. The van der Waals surface area contributed by atoms with Gasteiger partial charge in [-0.15, -0.1) is 0 Å². The lowest BCUT2D eigenvalue weighted by Crippen LogP contribution is -2.53. The molecule has 0 spiro atoms. The molecule has 0 heterocycles. The lowest BCUT2D eigenvalue weighted by Gasteiger charge is -2.33. The van der Waals surface area contributed by atoms with Crippen molar-refractivity contribution in [3.05, 3.63) is 96.1 Å². The van der Waals surface area contributed by atoms with Crippen LogP contribution in [0.15, 0.2) is 89.8 Å². The number of amides is 2. The smallest absolute Gasteiger partial charge is 0.264 e. The van der Waals surface area contributed by atoms with Gasteiger partial charge in [0.15, 0.2) is 0 Å². The van der Waals surface area contributed by atoms with Crippen molar-refractivity contribution in [3.8, 4) is 0 Å². The van der Waals surface area contributed by atoms with E-state index in [4.69, 9.17) is 0 Å². The Kier molecular flexibility index (Phi) is 9.47. The summed E-state index contributed by atoms with van der Waals surface area (Å²) in [6, 6.07) is 23.6. The maximum absolute atomic E-state index is 13.9. The number of nitrogens with zero attached hydrogens (tertiary/aromatic N) is 2. The molecule has 3 aromatic carbocycles. The third-order valence-corrected chi connectivity index (χ3v) is 7.70. The molecule has 7 nitrogen and oxygen atoms in total. The molecule has 1 atom stereocenters. The predicted octanol–water partition coefficient (Wildman–Crippen LogP) is 4.52. The summed E-state index contributed by atoms with van der Waals surface area (Å²) in [4.78, 5) is 28.6. The van der Waals surface area contributed by atoms with Crippen molar-refractivity contribution in [2.45, 2.75) is 57.6 Å². The van der Waals surface area contributed by atoms with Crippen molar-refractivity contribution in [1.82, 2.24) is 10.2 Å². The van der Waals surface area contributed by atoms with Gasteiger partial charge in [-0.2, -0.15) is 0 Å². The Balaban J connectivity index is 2.04. The van der Waals surface area contributed by atoms with Gasteiger partial charge in [-0.3, -0.25) is 13.9 Å². The van der Waals surface area contributed by atoms with Gasteiger partial charge in [-0.05, 0) is 62.6 Å². The third kappa shape index (κ3) is 7.20. The molecule has 0 aliphatic rings. The highest BCUT2D eigenvalue weighted by molar-refractivity contribution is 7.92. The number of benzene rings is 3. The summed E-state index contributed by atoms with van der Waals surface area (Å²) in [7, 11) is -4.06. The molecule has 0 aliphatic carbocycles. The van der Waals surface area contributed by atoms with Crippen LogP contribution in [0.2, 0.25) is 0 Å². The molecule has 0 saturated carbocycles. The Morgan fingerprint density at radius 2 is 1.51 bits per heavy atom. The molecule has 3 aromatic rings. The van der Waals surface area contributed by atoms with E-state index in [9.17, 15) is 18.0 Å². The number of carbonyl (C=O) groups excluding carboxylic acids is 2. The largest absolute Gasteiger partial charge is 0.352 e. The van der Waals surface area contributed by atoms with Crippen molar-refractivity contribution in [2.75, 3.05) is 10.8 Å². The number of hydrogen-bond donors (Lipinski definition) is 1. The van der Waals surface area contributed by atoms with Crippen LogP contribution in [0, 0.1) is 6.92 Å². The quantitative estimate of drug-likeness (QED) is 0.402. The minimum absolute atomic E-state index is 0.0866. The van der Waals surface area contributed by atoms with Gasteiger partial charge >= 0.3 is 0 Å². The summed E-state index contributed by atoms with van der Waals surface area (Å²) < 4.78 is 28.6. The van der Waals surface area contributed by atoms with Crippen LogP contribution < -0.4 is 9.62 Å². The van der Waals surface area contributed by atoms with Crippen molar-refractivity contribution in [1.29, 1.82) is 0 Å². The molecule has 8 heteroatoms. The lowest BCUT2D eigenvalue weighted by molar-refractivity contribution is -0.140. The Labute approximate surface area is 220 Å². The zero-order chi connectivity index (χ0) is 27.0. The maximum atomic E-state index is 13.9. The van der Waals surface area contributed by atoms with Gasteiger partial charge in [0.2, 0.25) is 11.8 Å². The van der Waals surface area contributed by atoms with Crippen molar-refractivity contribution in [2.24, 2.45) is 0 Å². The highest BCUT2D eigenvalue weighted by Crippen LogP contribution is 2.25.